The van der Waals surface area contributed by atoms with E-state index in [1.165, 1.54) is 18.9 Å². The number of halogens is 2. The fourth-order valence-electron chi connectivity index (χ4n) is 6.25. The Morgan fingerprint density at radius 1 is 0.950 bits per heavy atom. The van der Waals surface area contributed by atoms with Gasteiger partial charge in [-0.25, -0.2) is 4.39 Å². The zero-order chi connectivity index (χ0) is 28.4. The predicted octanol–water partition coefficient (Wildman–Crippen LogP) is 8.07. The monoisotopic (exact) mass is 561 g/mol. The maximum atomic E-state index is 14.9. The van der Waals surface area contributed by atoms with Crippen molar-refractivity contribution >= 4 is 34.8 Å². The number of aryl methyl sites for hydroxylation is 2. The quantitative estimate of drug-likeness (QED) is 0.320. The number of piperidine rings is 1. The molecule has 2 atom stereocenters. The summed E-state index contributed by atoms with van der Waals surface area (Å²) >= 11 is 6.31. The van der Waals surface area contributed by atoms with E-state index in [0.717, 1.165) is 29.7 Å². The summed E-state index contributed by atoms with van der Waals surface area (Å²) in [5.41, 5.74) is 4.12. The van der Waals surface area contributed by atoms with Crippen molar-refractivity contribution in [3.8, 4) is 0 Å². The molecule has 0 spiro atoms. The lowest BCUT2D eigenvalue weighted by Crippen LogP contribution is -2.46. The molecular weight excluding hydrogens is 525 g/mol. The molecule has 1 aliphatic heterocycles. The third kappa shape index (κ3) is 5.87. The highest BCUT2D eigenvalue weighted by Crippen LogP contribution is 2.40. The SMILES string of the molecule is Cc1ccc(NC(=O)[C@H]2CCCN(C(=O)c3c(C)cccc3F)[C@H]2c2ccc(NC3(C)CCCC3)cc2)cc1Cl. The Hall–Kier alpha value is -3.38. The number of nitrogens with one attached hydrogen (secondary N) is 2. The summed E-state index contributed by atoms with van der Waals surface area (Å²) in [5.74, 6) is -1.64. The highest BCUT2D eigenvalue weighted by atomic mass is 35.5. The standard InChI is InChI=1S/C33H37ClFN3O2/c1-21-11-14-25(20-27(21)34)36-31(39)26-9-7-19-38(32(40)29-22(2)8-6-10-28(29)35)30(26)23-12-15-24(16-13-23)37-33(3)17-4-5-18-33/h6,8,10-16,20,26,30,37H,4-5,7,9,17-19H2,1-3H3,(H,36,39)/t26-,30-/m0/s1. The number of anilines is 2. The average molecular weight is 562 g/mol. The van der Waals surface area contributed by atoms with E-state index < -0.39 is 23.7 Å². The van der Waals surface area contributed by atoms with Crippen LogP contribution in [0.15, 0.2) is 60.7 Å². The third-order valence-corrected chi connectivity index (χ3v) is 8.92. The molecule has 2 aliphatic rings. The molecule has 0 unspecified atom stereocenters. The van der Waals surface area contributed by atoms with Gasteiger partial charge in [-0.3, -0.25) is 9.59 Å². The van der Waals surface area contributed by atoms with Crippen LogP contribution >= 0.6 is 11.6 Å². The van der Waals surface area contributed by atoms with Crippen molar-refractivity contribution < 1.29 is 14.0 Å². The Bertz CT molecular complexity index is 1380. The molecule has 2 N–H and O–H groups in total. The highest BCUT2D eigenvalue weighted by Gasteiger charge is 2.40. The maximum absolute atomic E-state index is 14.9. The Balaban J connectivity index is 1.48. The van der Waals surface area contributed by atoms with E-state index in [9.17, 15) is 14.0 Å². The molecule has 0 radical (unpaired) electrons. The Kier molecular flexibility index (Phi) is 8.18. The van der Waals surface area contributed by atoms with E-state index in [1.807, 2.05) is 43.3 Å². The van der Waals surface area contributed by atoms with Gasteiger partial charge in [0.1, 0.15) is 5.82 Å². The van der Waals surface area contributed by atoms with Gasteiger partial charge in [0, 0.05) is 28.5 Å². The molecule has 7 heteroatoms. The van der Waals surface area contributed by atoms with Crippen LogP contribution in [0.1, 0.15) is 78.5 Å². The molecule has 1 heterocycles. The van der Waals surface area contributed by atoms with E-state index in [1.54, 1.807) is 30.0 Å². The number of likely N-dealkylation sites (tertiary alicyclic amines) is 1. The minimum Gasteiger partial charge on any atom is -0.380 e. The van der Waals surface area contributed by atoms with Crippen LogP contribution in [0.5, 0.6) is 0 Å². The van der Waals surface area contributed by atoms with Crippen molar-refractivity contribution in [1.82, 2.24) is 4.90 Å². The number of carbonyl (C=O) groups excluding carboxylic acids is 2. The van der Waals surface area contributed by atoms with Gasteiger partial charge in [-0.05, 0) is 93.5 Å². The molecule has 2 fully saturated rings. The second kappa shape index (κ2) is 11.6. The number of benzene rings is 3. The summed E-state index contributed by atoms with van der Waals surface area (Å²) in [6, 6.07) is 17.6. The zero-order valence-electron chi connectivity index (χ0n) is 23.4. The summed E-state index contributed by atoms with van der Waals surface area (Å²) in [7, 11) is 0. The van der Waals surface area contributed by atoms with Gasteiger partial charge >= 0.3 is 0 Å². The molecule has 210 valence electrons. The largest absolute Gasteiger partial charge is 0.380 e. The van der Waals surface area contributed by atoms with Gasteiger partial charge < -0.3 is 15.5 Å². The molecule has 1 saturated heterocycles. The number of nitrogens with zero attached hydrogens (tertiary/aromatic N) is 1. The minimum atomic E-state index is -0.547. The first-order valence-electron chi connectivity index (χ1n) is 14.2. The van der Waals surface area contributed by atoms with E-state index in [0.29, 0.717) is 35.7 Å². The summed E-state index contributed by atoms with van der Waals surface area (Å²) in [4.78, 5) is 29.3. The minimum absolute atomic E-state index is 0.0614. The van der Waals surface area contributed by atoms with Crippen LogP contribution in [0.4, 0.5) is 15.8 Å². The molecule has 3 aromatic rings. The topological polar surface area (TPSA) is 61.4 Å². The van der Waals surface area contributed by atoms with Crippen LogP contribution in [0.3, 0.4) is 0 Å². The van der Waals surface area contributed by atoms with Crippen molar-refractivity contribution in [3.05, 3.63) is 93.8 Å². The van der Waals surface area contributed by atoms with Gasteiger partial charge in [0.2, 0.25) is 5.91 Å². The average Bonchev–Trinajstić information content (AvgIpc) is 3.36. The zero-order valence-corrected chi connectivity index (χ0v) is 24.2. The lowest BCUT2D eigenvalue weighted by atomic mass is 9.83. The van der Waals surface area contributed by atoms with E-state index in [-0.39, 0.29) is 17.0 Å². The van der Waals surface area contributed by atoms with Crippen molar-refractivity contribution in [2.45, 2.75) is 70.9 Å². The highest BCUT2D eigenvalue weighted by molar-refractivity contribution is 6.31. The van der Waals surface area contributed by atoms with Gasteiger partial charge in [0.05, 0.1) is 17.5 Å². The van der Waals surface area contributed by atoms with Crippen LogP contribution in [0, 0.1) is 25.6 Å². The third-order valence-electron chi connectivity index (χ3n) is 8.51. The molecule has 0 bridgehead atoms. The fraction of sp³-hybridized carbons (Fsp3) is 0.394. The normalized spacial score (nSPS) is 20.3. The molecule has 0 aromatic heterocycles. The molecule has 1 saturated carbocycles. The summed E-state index contributed by atoms with van der Waals surface area (Å²) in [5, 5.41) is 7.27. The molecule has 40 heavy (non-hydrogen) atoms. The number of hydrogen-bond donors (Lipinski definition) is 2. The number of carbonyl (C=O) groups is 2. The van der Waals surface area contributed by atoms with Crippen LogP contribution in [0.25, 0.3) is 0 Å². The van der Waals surface area contributed by atoms with Crippen molar-refractivity contribution in [3.63, 3.8) is 0 Å². The lowest BCUT2D eigenvalue weighted by Gasteiger charge is -2.41. The predicted molar refractivity (Wildman–Crippen MR) is 159 cm³/mol. The van der Waals surface area contributed by atoms with Crippen molar-refractivity contribution in [1.29, 1.82) is 0 Å². The van der Waals surface area contributed by atoms with Gasteiger partial charge in [-0.1, -0.05) is 54.8 Å². The number of rotatable bonds is 6. The first-order chi connectivity index (χ1) is 19.1. The van der Waals surface area contributed by atoms with E-state index in [4.69, 9.17) is 11.6 Å². The summed E-state index contributed by atoms with van der Waals surface area (Å²) in [6.07, 6.45) is 5.95. The van der Waals surface area contributed by atoms with Gasteiger partial charge in [-0.15, -0.1) is 0 Å². The van der Waals surface area contributed by atoms with Gasteiger partial charge in [0.25, 0.3) is 5.91 Å². The van der Waals surface area contributed by atoms with E-state index in [2.05, 4.69) is 17.6 Å². The number of hydrogen-bond acceptors (Lipinski definition) is 3. The van der Waals surface area contributed by atoms with Crippen molar-refractivity contribution in [2.24, 2.45) is 5.92 Å². The van der Waals surface area contributed by atoms with Crippen LogP contribution < -0.4 is 10.6 Å². The van der Waals surface area contributed by atoms with Crippen LogP contribution in [-0.2, 0) is 4.79 Å². The Morgan fingerprint density at radius 2 is 1.65 bits per heavy atom. The van der Waals surface area contributed by atoms with Crippen LogP contribution in [-0.4, -0.2) is 28.8 Å². The molecule has 5 rings (SSSR count). The fourth-order valence-corrected chi connectivity index (χ4v) is 6.44. The Morgan fingerprint density at radius 3 is 2.33 bits per heavy atom. The molecular formula is C33H37ClFN3O2. The van der Waals surface area contributed by atoms with Gasteiger partial charge in [0.15, 0.2) is 0 Å². The second-order valence-electron chi connectivity index (χ2n) is 11.6. The summed E-state index contributed by atoms with van der Waals surface area (Å²) < 4.78 is 14.9. The number of amides is 2. The van der Waals surface area contributed by atoms with Gasteiger partial charge in [-0.2, -0.15) is 0 Å². The summed E-state index contributed by atoms with van der Waals surface area (Å²) in [6.45, 7) is 6.34. The van der Waals surface area contributed by atoms with E-state index >= 15 is 0 Å². The molecule has 3 aromatic carbocycles. The molecule has 2 amide bonds. The lowest BCUT2D eigenvalue weighted by molar-refractivity contribution is -0.123. The van der Waals surface area contributed by atoms with Crippen molar-refractivity contribution in [2.75, 3.05) is 17.2 Å². The second-order valence-corrected chi connectivity index (χ2v) is 12.0. The maximum Gasteiger partial charge on any atom is 0.257 e. The molecule has 1 aliphatic carbocycles. The first-order valence-corrected chi connectivity index (χ1v) is 14.5. The molecule has 5 nitrogen and oxygen atoms in total. The first kappa shape index (κ1) is 28.2. The Labute approximate surface area is 241 Å². The smallest absolute Gasteiger partial charge is 0.257 e. The van der Waals surface area contributed by atoms with Crippen LogP contribution in [0.2, 0.25) is 5.02 Å².